The topological polar surface area (TPSA) is 31.0 Å². The lowest BCUT2D eigenvalue weighted by atomic mass is 9.77. The van der Waals surface area contributed by atoms with Gasteiger partial charge in [0.15, 0.2) is 5.79 Å². The molecule has 3 aliphatic rings. The molecule has 2 heterocycles. The minimum absolute atomic E-state index is 0.330. The van der Waals surface area contributed by atoms with Crippen LogP contribution in [0.15, 0.2) is 0 Å². The zero-order chi connectivity index (χ0) is 13.5. The Hall–Kier alpha value is -0.120. The standard InChI is InChI=1S/C16H28O3/c1-15(2)8-9-18-16(11-15,17-3)7-6-12-4-5-13-14(10-12)19-13/h12-14H,4-11H2,1-3H3. The summed E-state index contributed by atoms with van der Waals surface area (Å²) in [5.41, 5.74) is 0.339. The van der Waals surface area contributed by atoms with Crippen molar-refractivity contribution in [2.45, 2.75) is 76.8 Å². The van der Waals surface area contributed by atoms with E-state index in [1.807, 2.05) is 7.11 Å². The van der Waals surface area contributed by atoms with Crippen molar-refractivity contribution >= 4 is 0 Å². The van der Waals surface area contributed by atoms with Crippen LogP contribution < -0.4 is 0 Å². The van der Waals surface area contributed by atoms with Crippen LogP contribution in [0.25, 0.3) is 0 Å². The highest BCUT2D eigenvalue weighted by atomic mass is 16.7. The van der Waals surface area contributed by atoms with Gasteiger partial charge in [0, 0.05) is 20.0 Å². The van der Waals surface area contributed by atoms with E-state index < -0.39 is 0 Å². The third-order valence-corrected chi connectivity index (χ3v) is 5.31. The molecule has 2 saturated heterocycles. The lowest BCUT2D eigenvalue weighted by molar-refractivity contribution is -0.268. The number of ether oxygens (including phenoxy) is 3. The molecule has 0 amide bonds. The summed E-state index contributed by atoms with van der Waals surface area (Å²) >= 11 is 0. The highest BCUT2D eigenvalue weighted by Gasteiger charge is 2.45. The molecule has 0 aromatic rings. The van der Waals surface area contributed by atoms with E-state index >= 15 is 0 Å². The van der Waals surface area contributed by atoms with Gasteiger partial charge in [-0.2, -0.15) is 0 Å². The van der Waals surface area contributed by atoms with Crippen molar-refractivity contribution in [2.24, 2.45) is 11.3 Å². The van der Waals surface area contributed by atoms with Crippen molar-refractivity contribution < 1.29 is 14.2 Å². The van der Waals surface area contributed by atoms with Crippen molar-refractivity contribution in [1.29, 1.82) is 0 Å². The smallest absolute Gasteiger partial charge is 0.168 e. The van der Waals surface area contributed by atoms with E-state index in [1.165, 1.54) is 25.7 Å². The van der Waals surface area contributed by atoms with E-state index in [9.17, 15) is 0 Å². The van der Waals surface area contributed by atoms with Gasteiger partial charge in [-0.25, -0.2) is 0 Å². The lowest BCUT2D eigenvalue weighted by Crippen LogP contribution is -2.45. The van der Waals surface area contributed by atoms with Crippen LogP contribution in [0, 0.1) is 11.3 Å². The predicted octanol–water partition coefficient (Wildman–Crippen LogP) is 3.51. The molecule has 3 nitrogen and oxygen atoms in total. The molecule has 3 heteroatoms. The molecule has 1 saturated carbocycles. The Labute approximate surface area is 117 Å². The molecule has 3 rings (SSSR count). The van der Waals surface area contributed by atoms with E-state index in [-0.39, 0.29) is 5.79 Å². The molecule has 4 atom stereocenters. The van der Waals surface area contributed by atoms with Crippen molar-refractivity contribution in [3.8, 4) is 0 Å². The SMILES string of the molecule is COC1(CCC2CCC3OC3C2)CC(C)(C)CCO1. The maximum atomic E-state index is 6.03. The normalized spacial score (nSPS) is 44.7. The third-order valence-electron chi connectivity index (χ3n) is 5.31. The van der Waals surface area contributed by atoms with Gasteiger partial charge < -0.3 is 14.2 Å². The van der Waals surface area contributed by atoms with E-state index in [1.54, 1.807) is 0 Å². The zero-order valence-corrected chi connectivity index (χ0v) is 12.6. The zero-order valence-electron chi connectivity index (χ0n) is 12.6. The maximum Gasteiger partial charge on any atom is 0.168 e. The molecule has 19 heavy (non-hydrogen) atoms. The van der Waals surface area contributed by atoms with Gasteiger partial charge in [0.25, 0.3) is 0 Å². The fraction of sp³-hybridized carbons (Fsp3) is 1.00. The number of epoxide rings is 1. The fourth-order valence-electron chi connectivity index (χ4n) is 3.95. The van der Waals surface area contributed by atoms with Crippen LogP contribution in [-0.2, 0) is 14.2 Å². The molecule has 0 bridgehead atoms. The minimum Gasteiger partial charge on any atom is -0.370 e. The predicted molar refractivity (Wildman–Crippen MR) is 73.9 cm³/mol. The Morgan fingerprint density at radius 1 is 1.21 bits per heavy atom. The highest BCUT2D eigenvalue weighted by molar-refractivity contribution is 4.93. The van der Waals surface area contributed by atoms with Gasteiger partial charge in [-0.1, -0.05) is 13.8 Å². The Kier molecular flexibility index (Phi) is 3.65. The maximum absolute atomic E-state index is 6.03. The van der Waals surface area contributed by atoms with Crippen molar-refractivity contribution in [2.75, 3.05) is 13.7 Å². The van der Waals surface area contributed by atoms with Crippen LogP contribution in [0.5, 0.6) is 0 Å². The van der Waals surface area contributed by atoms with Gasteiger partial charge in [0.2, 0.25) is 0 Å². The summed E-state index contributed by atoms with van der Waals surface area (Å²) in [4.78, 5) is 0. The van der Waals surface area contributed by atoms with Crippen LogP contribution in [0.3, 0.4) is 0 Å². The highest BCUT2D eigenvalue weighted by Crippen LogP contribution is 2.45. The Morgan fingerprint density at radius 2 is 2.05 bits per heavy atom. The summed E-state index contributed by atoms with van der Waals surface area (Å²) in [6, 6.07) is 0. The van der Waals surface area contributed by atoms with Crippen LogP contribution in [0.4, 0.5) is 0 Å². The molecular formula is C16H28O3. The van der Waals surface area contributed by atoms with Crippen LogP contribution in [0.1, 0.15) is 58.8 Å². The first-order valence-corrected chi connectivity index (χ1v) is 7.87. The van der Waals surface area contributed by atoms with Gasteiger partial charge in [-0.05, 0) is 43.4 Å². The summed E-state index contributed by atoms with van der Waals surface area (Å²) < 4.78 is 17.4. The number of fused-ring (bicyclic) bond motifs is 1. The van der Waals surface area contributed by atoms with Crippen LogP contribution in [-0.4, -0.2) is 31.7 Å². The summed E-state index contributed by atoms with van der Waals surface area (Å²) in [6.07, 6.45) is 9.45. The molecule has 3 fully saturated rings. The summed E-state index contributed by atoms with van der Waals surface area (Å²) in [5, 5.41) is 0. The first kappa shape index (κ1) is 13.8. The number of hydrogen-bond acceptors (Lipinski definition) is 3. The summed E-state index contributed by atoms with van der Waals surface area (Å²) in [7, 11) is 1.81. The van der Waals surface area contributed by atoms with E-state index in [0.29, 0.717) is 17.6 Å². The average Bonchev–Trinajstić information content (AvgIpc) is 3.13. The van der Waals surface area contributed by atoms with Crippen LogP contribution in [0.2, 0.25) is 0 Å². The van der Waals surface area contributed by atoms with E-state index in [4.69, 9.17) is 14.2 Å². The average molecular weight is 268 g/mol. The number of rotatable bonds is 4. The second-order valence-electron chi connectivity index (χ2n) is 7.48. The molecule has 4 unspecified atom stereocenters. The lowest BCUT2D eigenvalue weighted by Gasteiger charge is -2.44. The molecule has 0 N–H and O–H groups in total. The summed E-state index contributed by atoms with van der Waals surface area (Å²) in [6.45, 7) is 5.48. The minimum atomic E-state index is -0.330. The molecule has 0 aromatic heterocycles. The molecule has 110 valence electrons. The third kappa shape index (κ3) is 3.14. The second kappa shape index (κ2) is 5.01. The van der Waals surface area contributed by atoms with Gasteiger partial charge >= 0.3 is 0 Å². The Morgan fingerprint density at radius 3 is 2.74 bits per heavy atom. The van der Waals surface area contributed by atoms with Gasteiger partial charge in [0.1, 0.15) is 0 Å². The summed E-state index contributed by atoms with van der Waals surface area (Å²) in [5.74, 6) is 0.479. The first-order chi connectivity index (χ1) is 9.02. The monoisotopic (exact) mass is 268 g/mol. The molecule has 0 spiro atoms. The van der Waals surface area contributed by atoms with Crippen LogP contribution >= 0.6 is 0 Å². The molecule has 0 aromatic carbocycles. The second-order valence-corrected chi connectivity index (χ2v) is 7.48. The number of methoxy groups -OCH3 is 1. The molecular weight excluding hydrogens is 240 g/mol. The fourth-order valence-corrected chi connectivity index (χ4v) is 3.95. The van der Waals surface area contributed by atoms with Crippen molar-refractivity contribution in [1.82, 2.24) is 0 Å². The molecule has 1 aliphatic carbocycles. The van der Waals surface area contributed by atoms with E-state index in [2.05, 4.69) is 13.8 Å². The quantitative estimate of drug-likeness (QED) is 0.731. The largest absolute Gasteiger partial charge is 0.370 e. The van der Waals surface area contributed by atoms with Crippen molar-refractivity contribution in [3.05, 3.63) is 0 Å². The van der Waals surface area contributed by atoms with Gasteiger partial charge in [-0.3, -0.25) is 0 Å². The molecule has 0 radical (unpaired) electrons. The van der Waals surface area contributed by atoms with Gasteiger partial charge in [0.05, 0.1) is 18.8 Å². The van der Waals surface area contributed by atoms with Gasteiger partial charge in [-0.15, -0.1) is 0 Å². The number of hydrogen-bond donors (Lipinski definition) is 0. The Balaban J connectivity index is 1.53. The van der Waals surface area contributed by atoms with Crippen molar-refractivity contribution in [3.63, 3.8) is 0 Å². The molecule has 2 aliphatic heterocycles. The van der Waals surface area contributed by atoms with E-state index in [0.717, 1.165) is 31.8 Å². The Bertz CT molecular complexity index is 328. The first-order valence-electron chi connectivity index (χ1n) is 7.87.